The molecule has 0 radical (unpaired) electrons. The van der Waals surface area contributed by atoms with Crippen molar-refractivity contribution < 1.29 is 14.4 Å². The third-order valence-electron chi connectivity index (χ3n) is 5.37. The second-order valence-electron chi connectivity index (χ2n) is 6.96. The minimum Gasteiger partial charge on any atom is -0.344 e. The minimum absolute atomic E-state index is 0.142. The fourth-order valence-electron chi connectivity index (χ4n) is 3.91. The molecule has 0 saturated carbocycles. The average Bonchev–Trinajstić information content (AvgIpc) is 3.05. The summed E-state index contributed by atoms with van der Waals surface area (Å²) in [6.07, 6.45) is 4.30. The number of imide groups is 1. The number of carbonyl (C=O) groups excluding carboxylic acids is 3. The van der Waals surface area contributed by atoms with Crippen LogP contribution in [0.4, 0.5) is 10.5 Å². The number of aromatic nitrogens is 1. The highest BCUT2D eigenvalue weighted by molar-refractivity contribution is 6.06. The highest BCUT2D eigenvalue weighted by Crippen LogP contribution is 2.30. The Kier molecular flexibility index (Phi) is 4.14. The van der Waals surface area contributed by atoms with Crippen molar-refractivity contribution in [2.24, 2.45) is 0 Å². The molecule has 1 aromatic heterocycles. The molecule has 0 spiro atoms. The summed E-state index contributed by atoms with van der Waals surface area (Å²) in [6, 6.07) is 8.03. The lowest BCUT2D eigenvalue weighted by atomic mass is 10.0. The number of hydrogen-bond donors (Lipinski definition) is 1. The molecule has 2 aromatic rings. The van der Waals surface area contributed by atoms with Gasteiger partial charge in [-0.3, -0.25) is 19.8 Å². The molecule has 7 nitrogen and oxygen atoms in total. The van der Waals surface area contributed by atoms with Crippen LogP contribution in [-0.4, -0.2) is 46.9 Å². The molecule has 2 fully saturated rings. The number of carbonyl (C=O) groups is 3. The molecule has 136 valence electrons. The minimum atomic E-state index is -0.364. The maximum atomic E-state index is 12.0. The van der Waals surface area contributed by atoms with Gasteiger partial charge in [0.2, 0.25) is 11.8 Å². The van der Waals surface area contributed by atoms with Crippen LogP contribution in [-0.2, 0) is 9.59 Å². The molecule has 1 aromatic carbocycles. The second kappa shape index (κ2) is 6.48. The molecule has 0 bridgehead atoms. The smallest absolute Gasteiger partial charge is 0.328 e. The third-order valence-corrected chi connectivity index (χ3v) is 5.37. The van der Waals surface area contributed by atoms with E-state index in [0.29, 0.717) is 19.0 Å². The van der Waals surface area contributed by atoms with Crippen LogP contribution in [0.1, 0.15) is 32.2 Å². The van der Waals surface area contributed by atoms with Gasteiger partial charge in [0.15, 0.2) is 0 Å². The van der Waals surface area contributed by atoms with Crippen LogP contribution >= 0.6 is 0 Å². The fourth-order valence-corrected chi connectivity index (χ4v) is 3.91. The van der Waals surface area contributed by atoms with Crippen molar-refractivity contribution in [1.29, 1.82) is 0 Å². The molecular formula is C19H22N4O3. The van der Waals surface area contributed by atoms with Crippen LogP contribution in [0.15, 0.2) is 30.5 Å². The first kappa shape index (κ1) is 16.6. The highest BCUT2D eigenvalue weighted by Gasteiger charge is 2.25. The first-order valence-corrected chi connectivity index (χ1v) is 9.00. The molecule has 0 unspecified atom stereocenters. The van der Waals surface area contributed by atoms with E-state index in [4.69, 9.17) is 0 Å². The Morgan fingerprint density at radius 2 is 1.88 bits per heavy atom. The van der Waals surface area contributed by atoms with Crippen LogP contribution in [0.2, 0.25) is 0 Å². The molecule has 7 heteroatoms. The summed E-state index contributed by atoms with van der Waals surface area (Å²) in [6.45, 7) is 3.61. The Morgan fingerprint density at radius 3 is 2.58 bits per heavy atom. The standard InChI is InChI=1S/C19H22N4O3/c1-13(24)21-8-5-15(6-9-21)22-10-4-14-12-16(2-3-17(14)22)23-11-7-18(25)20-19(23)26/h2-4,10,12,15H,5-9,11H2,1H3,(H,20,25,26). The van der Waals surface area contributed by atoms with Gasteiger partial charge in [-0.05, 0) is 37.1 Å². The van der Waals surface area contributed by atoms with Crippen LogP contribution in [0.3, 0.4) is 0 Å². The number of likely N-dealkylation sites (tertiary alicyclic amines) is 1. The zero-order chi connectivity index (χ0) is 18.3. The summed E-state index contributed by atoms with van der Waals surface area (Å²) in [7, 11) is 0. The van der Waals surface area contributed by atoms with Crippen molar-refractivity contribution in [3.05, 3.63) is 30.5 Å². The summed E-state index contributed by atoms with van der Waals surface area (Å²) in [5.41, 5.74) is 1.93. The molecule has 3 heterocycles. The quantitative estimate of drug-likeness (QED) is 0.899. The first-order valence-electron chi connectivity index (χ1n) is 9.00. The summed E-state index contributed by atoms with van der Waals surface area (Å²) < 4.78 is 2.27. The lowest BCUT2D eigenvalue weighted by Crippen LogP contribution is -2.49. The van der Waals surface area contributed by atoms with E-state index in [-0.39, 0.29) is 17.8 Å². The predicted molar refractivity (Wildman–Crippen MR) is 98.0 cm³/mol. The molecule has 2 aliphatic rings. The van der Waals surface area contributed by atoms with Crippen molar-refractivity contribution in [2.45, 2.75) is 32.2 Å². The number of urea groups is 1. The number of rotatable bonds is 2. The Balaban J connectivity index is 1.56. The van der Waals surface area contributed by atoms with Gasteiger partial charge >= 0.3 is 6.03 Å². The maximum Gasteiger partial charge on any atom is 0.328 e. The second-order valence-corrected chi connectivity index (χ2v) is 6.96. The molecule has 4 amide bonds. The molecule has 2 aliphatic heterocycles. The number of anilines is 1. The van der Waals surface area contributed by atoms with E-state index in [1.54, 1.807) is 11.8 Å². The predicted octanol–water partition coefficient (Wildman–Crippen LogP) is 2.27. The van der Waals surface area contributed by atoms with Gasteiger partial charge < -0.3 is 9.47 Å². The number of amides is 4. The number of hydrogen-bond acceptors (Lipinski definition) is 3. The number of fused-ring (bicyclic) bond motifs is 1. The summed E-state index contributed by atoms with van der Waals surface area (Å²) in [5.74, 6) is -0.0841. The van der Waals surface area contributed by atoms with Gasteiger partial charge in [0.25, 0.3) is 0 Å². The third kappa shape index (κ3) is 2.94. The van der Waals surface area contributed by atoms with E-state index < -0.39 is 0 Å². The molecule has 4 rings (SSSR count). The van der Waals surface area contributed by atoms with Gasteiger partial charge in [0, 0.05) is 61.8 Å². The Bertz CT molecular complexity index is 880. The molecule has 0 atom stereocenters. The largest absolute Gasteiger partial charge is 0.344 e. The van der Waals surface area contributed by atoms with Crippen molar-refractivity contribution in [3.63, 3.8) is 0 Å². The molecule has 1 N–H and O–H groups in total. The van der Waals surface area contributed by atoms with Crippen LogP contribution in [0, 0.1) is 0 Å². The van der Waals surface area contributed by atoms with Crippen molar-refractivity contribution in [2.75, 3.05) is 24.5 Å². The highest BCUT2D eigenvalue weighted by atomic mass is 16.2. The van der Waals surface area contributed by atoms with E-state index >= 15 is 0 Å². The van der Waals surface area contributed by atoms with Crippen LogP contribution < -0.4 is 10.2 Å². The zero-order valence-electron chi connectivity index (χ0n) is 14.8. The summed E-state index contributed by atoms with van der Waals surface area (Å²) >= 11 is 0. The first-order chi connectivity index (χ1) is 12.5. The van der Waals surface area contributed by atoms with Gasteiger partial charge in [-0.2, -0.15) is 0 Å². The van der Waals surface area contributed by atoms with Gasteiger partial charge in [0.1, 0.15) is 0 Å². The molecular weight excluding hydrogens is 332 g/mol. The SMILES string of the molecule is CC(=O)N1CCC(n2ccc3cc(N4CCC(=O)NC4=O)ccc32)CC1. The van der Waals surface area contributed by atoms with Crippen molar-refractivity contribution in [3.8, 4) is 0 Å². The number of benzene rings is 1. The zero-order valence-corrected chi connectivity index (χ0v) is 14.8. The van der Waals surface area contributed by atoms with Gasteiger partial charge in [0.05, 0.1) is 0 Å². The van der Waals surface area contributed by atoms with E-state index in [2.05, 4.69) is 22.1 Å². The lowest BCUT2D eigenvalue weighted by molar-refractivity contribution is -0.130. The average molecular weight is 354 g/mol. The summed E-state index contributed by atoms with van der Waals surface area (Å²) in [4.78, 5) is 38.4. The van der Waals surface area contributed by atoms with Gasteiger partial charge in [-0.15, -0.1) is 0 Å². The van der Waals surface area contributed by atoms with Crippen LogP contribution in [0.5, 0.6) is 0 Å². The monoisotopic (exact) mass is 354 g/mol. The molecule has 0 aliphatic carbocycles. The summed E-state index contributed by atoms with van der Waals surface area (Å²) in [5, 5.41) is 3.43. The van der Waals surface area contributed by atoms with Crippen LogP contribution in [0.25, 0.3) is 10.9 Å². The topological polar surface area (TPSA) is 74.7 Å². The number of piperidine rings is 1. The lowest BCUT2D eigenvalue weighted by Gasteiger charge is -2.32. The molecule has 26 heavy (non-hydrogen) atoms. The number of nitrogens with one attached hydrogen (secondary N) is 1. The fraction of sp³-hybridized carbons (Fsp3) is 0.421. The maximum absolute atomic E-state index is 12.0. The Labute approximate surface area is 151 Å². The van der Waals surface area contributed by atoms with E-state index in [9.17, 15) is 14.4 Å². The Hall–Kier alpha value is -2.83. The van der Waals surface area contributed by atoms with Gasteiger partial charge in [-0.1, -0.05) is 0 Å². The van der Waals surface area contributed by atoms with Crippen molar-refractivity contribution >= 4 is 34.4 Å². The van der Waals surface area contributed by atoms with E-state index in [1.807, 2.05) is 23.1 Å². The normalized spacial score (nSPS) is 19.1. The van der Waals surface area contributed by atoms with E-state index in [0.717, 1.165) is 42.5 Å². The number of nitrogens with zero attached hydrogens (tertiary/aromatic N) is 3. The van der Waals surface area contributed by atoms with Crippen molar-refractivity contribution in [1.82, 2.24) is 14.8 Å². The van der Waals surface area contributed by atoms with E-state index in [1.165, 1.54) is 0 Å². The van der Waals surface area contributed by atoms with Gasteiger partial charge in [-0.25, -0.2) is 4.79 Å². The Morgan fingerprint density at radius 1 is 1.12 bits per heavy atom. The molecule has 2 saturated heterocycles.